The lowest BCUT2D eigenvalue weighted by Crippen LogP contribution is -2.37. The van der Waals surface area contributed by atoms with Gasteiger partial charge in [-0.1, -0.05) is 18.6 Å². The number of carbonyl (C=O) groups is 1. The van der Waals surface area contributed by atoms with Gasteiger partial charge in [-0.05, 0) is 43.0 Å². The maximum absolute atomic E-state index is 12.8. The van der Waals surface area contributed by atoms with Gasteiger partial charge in [0.25, 0.3) is 0 Å². The molecule has 1 fully saturated rings. The van der Waals surface area contributed by atoms with Gasteiger partial charge in [0.2, 0.25) is 5.91 Å². The van der Waals surface area contributed by atoms with E-state index in [2.05, 4.69) is 5.32 Å². The molecule has 0 bridgehead atoms. The van der Waals surface area contributed by atoms with Crippen LogP contribution in [0.5, 0.6) is 0 Å². The molecular weight excluding hydrogens is 259 g/mol. The Kier molecular flexibility index (Phi) is 5.09. The molecule has 0 spiro atoms. The molecule has 3 atom stereocenters. The number of aliphatic hydroxyl groups excluding tert-OH is 1. The number of nitrogens with one attached hydrogen (secondary N) is 1. The minimum atomic E-state index is -0.822. The minimum absolute atomic E-state index is 0.0413. The number of aliphatic hydroxyl groups is 1. The van der Waals surface area contributed by atoms with Crippen LogP contribution in [0.1, 0.15) is 30.9 Å². The van der Waals surface area contributed by atoms with Crippen molar-refractivity contribution in [2.45, 2.75) is 25.4 Å². The van der Waals surface area contributed by atoms with Crippen LogP contribution in [0.2, 0.25) is 0 Å². The Balaban J connectivity index is 1.85. The van der Waals surface area contributed by atoms with E-state index in [1.54, 1.807) is 0 Å². The SMILES string of the molecule is NC[C@H]1CCC[C@H]1C(=O)NCC(O)c1ccc(F)cc1. The molecule has 1 saturated carbocycles. The molecular formula is C15H21FN2O2. The number of carbonyl (C=O) groups excluding carboxylic acids is 1. The highest BCUT2D eigenvalue weighted by Crippen LogP contribution is 2.31. The second-order valence-corrected chi connectivity index (χ2v) is 5.35. The first-order valence-corrected chi connectivity index (χ1v) is 7.03. The van der Waals surface area contributed by atoms with Crippen LogP contribution in [-0.4, -0.2) is 24.1 Å². The van der Waals surface area contributed by atoms with Crippen molar-refractivity contribution in [3.05, 3.63) is 35.6 Å². The van der Waals surface area contributed by atoms with Gasteiger partial charge in [0.15, 0.2) is 0 Å². The molecule has 4 N–H and O–H groups in total. The Bertz CT molecular complexity index is 450. The number of halogens is 1. The van der Waals surface area contributed by atoms with Gasteiger partial charge in [-0.3, -0.25) is 4.79 Å². The van der Waals surface area contributed by atoms with E-state index in [-0.39, 0.29) is 30.1 Å². The molecule has 2 rings (SSSR count). The topological polar surface area (TPSA) is 75.4 Å². The number of hydrogen-bond donors (Lipinski definition) is 3. The van der Waals surface area contributed by atoms with Crippen LogP contribution in [0.15, 0.2) is 24.3 Å². The molecule has 1 aromatic rings. The fourth-order valence-corrected chi connectivity index (χ4v) is 2.80. The second-order valence-electron chi connectivity index (χ2n) is 5.35. The van der Waals surface area contributed by atoms with E-state index in [1.807, 2.05) is 0 Å². The summed E-state index contributed by atoms with van der Waals surface area (Å²) in [7, 11) is 0. The standard InChI is InChI=1S/C15H21FN2O2/c16-12-6-4-10(5-7-12)14(19)9-18-15(20)13-3-1-2-11(13)8-17/h4-7,11,13-14,19H,1-3,8-9,17H2,(H,18,20)/t11-,13-,14?/m1/s1. The van der Waals surface area contributed by atoms with Crippen molar-refractivity contribution in [2.75, 3.05) is 13.1 Å². The van der Waals surface area contributed by atoms with Crippen LogP contribution in [0.4, 0.5) is 4.39 Å². The quantitative estimate of drug-likeness (QED) is 0.762. The van der Waals surface area contributed by atoms with E-state index >= 15 is 0 Å². The summed E-state index contributed by atoms with van der Waals surface area (Å²) in [4.78, 5) is 12.1. The minimum Gasteiger partial charge on any atom is -0.387 e. The summed E-state index contributed by atoms with van der Waals surface area (Å²) in [6.07, 6.45) is 2.06. The first-order chi connectivity index (χ1) is 9.61. The summed E-state index contributed by atoms with van der Waals surface area (Å²) < 4.78 is 12.8. The van der Waals surface area contributed by atoms with Gasteiger partial charge in [-0.2, -0.15) is 0 Å². The molecule has 5 heteroatoms. The Morgan fingerprint density at radius 3 is 2.75 bits per heavy atom. The maximum Gasteiger partial charge on any atom is 0.223 e. The first-order valence-electron chi connectivity index (χ1n) is 7.03. The Morgan fingerprint density at radius 1 is 1.40 bits per heavy atom. The highest BCUT2D eigenvalue weighted by Gasteiger charge is 2.31. The summed E-state index contributed by atoms with van der Waals surface area (Å²) >= 11 is 0. The lowest BCUT2D eigenvalue weighted by molar-refractivity contribution is -0.126. The molecule has 0 radical (unpaired) electrons. The Hall–Kier alpha value is -1.46. The average molecular weight is 280 g/mol. The maximum atomic E-state index is 12.8. The van der Waals surface area contributed by atoms with E-state index in [1.165, 1.54) is 24.3 Å². The summed E-state index contributed by atoms with van der Waals surface area (Å²) in [5.41, 5.74) is 6.25. The third kappa shape index (κ3) is 3.55. The van der Waals surface area contributed by atoms with E-state index in [9.17, 15) is 14.3 Å². The summed E-state index contributed by atoms with van der Waals surface area (Å²) in [5.74, 6) is -0.181. The molecule has 0 heterocycles. The zero-order valence-corrected chi connectivity index (χ0v) is 11.4. The number of benzene rings is 1. The fraction of sp³-hybridized carbons (Fsp3) is 0.533. The lowest BCUT2D eigenvalue weighted by atomic mass is 9.95. The van der Waals surface area contributed by atoms with E-state index < -0.39 is 6.10 Å². The van der Waals surface area contributed by atoms with Crippen LogP contribution < -0.4 is 11.1 Å². The van der Waals surface area contributed by atoms with E-state index in [0.717, 1.165) is 19.3 Å². The van der Waals surface area contributed by atoms with E-state index in [0.29, 0.717) is 12.1 Å². The van der Waals surface area contributed by atoms with Gasteiger partial charge in [0.05, 0.1) is 6.10 Å². The molecule has 1 aliphatic carbocycles. The van der Waals surface area contributed by atoms with Crippen LogP contribution in [-0.2, 0) is 4.79 Å². The second kappa shape index (κ2) is 6.81. The molecule has 20 heavy (non-hydrogen) atoms. The average Bonchev–Trinajstić information content (AvgIpc) is 2.93. The molecule has 0 saturated heterocycles. The molecule has 1 aliphatic rings. The molecule has 1 unspecified atom stereocenters. The molecule has 0 aliphatic heterocycles. The van der Waals surface area contributed by atoms with Crippen LogP contribution in [0.3, 0.4) is 0 Å². The molecule has 110 valence electrons. The Labute approximate surface area is 118 Å². The monoisotopic (exact) mass is 280 g/mol. The van der Waals surface area contributed by atoms with Gasteiger partial charge in [-0.25, -0.2) is 4.39 Å². The Morgan fingerprint density at radius 2 is 2.10 bits per heavy atom. The van der Waals surface area contributed by atoms with Crippen molar-refractivity contribution < 1.29 is 14.3 Å². The van der Waals surface area contributed by atoms with E-state index in [4.69, 9.17) is 5.73 Å². The first kappa shape index (κ1) is 14.9. The largest absolute Gasteiger partial charge is 0.387 e. The number of nitrogens with two attached hydrogens (primary N) is 1. The third-order valence-corrected chi connectivity index (χ3v) is 4.02. The van der Waals surface area contributed by atoms with Crippen LogP contribution in [0, 0.1) is 17.7 Å². The van der Waals surface area contributed by atoms with Crippen molar-refractivity contribution in [2.24, 2.45) is 17.6 Å². The van der Waals surface area contributed by atoms with Crippen molar-refractivity contribution in [3.63, 3.8) is 0 Å². The van der Waals surface area contributed by atoms with Crippen molar-refractivity contribution in [1.82, 2.24) is 5.32 Å². The molecule has 4 nitrogen and oxygen atoms in total. The van der Waals surface area contributed by atoms with Crippen molar-refractivity contribution in [3.8, 4) is 0 Å². The van der Waals surface area contributed by atoms with Crippen LogP contribution >= 0.6 is 0 Å². The van der Waals surface area contributed by atoms with Crippen molar-refractivity contribution in [1.29, 1.82) is 0 Å². The summed E-state index contributed by atoms with van der Waals surface area (Å²) in [6, 6.07) is 5.62. The van der Waals surface area contributed by atoms with Gasteiger partial charge in [0.1, 0.15) is 5.82 Å². The third-order valence-electron chi connectivity index (χ3n) is 4.02. The predicted molar refractivity (Wildman–Crippen MR) is 74.3 cm³/mol. The van der Waals surface area contributed by atoms with Crippen LogP contribution in [0.25, 0.3) is 0 Å². The zero-order valence-electron chi connectivity index (χ0n) is 11.4. The van der Waals surface area contributed by atoms with Gasteiger partial charge >= 0.3 is 0 Å². The number of hydrogen-bond acceptors (Lipinski definition) is 3. The number of amides is 1. The summed E-state index contributed by atoms with van der Waals surface area (Å²) in [5, 5.41) is 12.7. The van der Waals surface area contributed by atoms with Gasteiger partial charge < -0.3 is 16.2 Å². The molecule has 0 aromatic heterocycles. The smallest absolute Gasteiger partial charge is 0.223 e. The van der Waals surface area contributed by atoms with Gasteiger partial charge in [-0.15, -0.1) is 0 Å². The molecule has 1 amide bonds. The van der Waals surface area contributed by atoms with Gasteiger partial charge in [0, 0.05) is 12.5 Å². The fourth-order valence-electron chi connectivity index (χ4n) is 2.80. The highest BCUT2D eigenvalue weighted by molar-refractivity contribution is 5.79. The zero-order chi connectivity index (χ0) is 14.5. The van der Waals surface area contributed by atoms with Crippen molar-refractivity contribution >= 4 is 5.91 Å². The normalized spacial score (nSPS) is 23.6. The predicted octanol–water partition coefficient (Wildman–Crippen LogP) is 1.35. The lowest BCUT2D eigenvalue weighted by Gasteiger charge is -2.19. The highest BCUT2D eigenvalue weighted by atomic mass is 19.1. The molecule has 1 aromatic carbocycles. The summed E-state index contributed by atoms with van der Waals surface area (Å²) in [6.45, 7) is 0.664. The number of rotatable bonds is 5.